The van der Waals surface area contributed by atoms with E-state index in [1.54, 1.807) is 24.3 Å². The average Bonchev–Trinajstić information content (AvgIpc) is 3.30. The van der Waals surface area contributed by atoms with E-state index in [-0.39, 0.29) is 11.9 Å². The number of carbonyl (C=O) groups excluding carboxylic acids is 3. The molecule has 0 N–H and O–H groups in total. The van der Waals surface area contributed by atoms with E-state index in [4.69, 9.17) is 18.9 Å². The monoisotopic (exact) mass is 843 g/mol. The molecule has 0 bridgehead atoms. The molecule has 2 aliphatic rings. The highest BCUT2D eigenvalue weighted by Gasteiger charge is 2.24. The molecule has 62 heavy (non-hydrogen) atoms. The number of hydrogen-bond donors (Lipinski definition) is 0. The highest BCUT2D eigenvalue weighted by atomic mass is 16.5. The molecule has 7 nitrogen and oxygen atoms in total. The van der Waals surface area contributed by atoms with Crippen LogP contribution in [0.5, 0.6) is 23.0 Å². The van der Waals surface area contributed by atoms with Crippen LogP contribution in [-0.4, -0.2) is 17.7 Å². The molecule has 2 saturated carbocycles. The van der Waals surface area contributed by atoms with Gasteiger partial charge in [0, 0.05) is 25.7 Å². The highest BCUT2D eigenvalue weighted by molar-refractivity contribution is 5.78. The Kier molecular flexibility index (Phi) is 19.0. The number of hydrogen-bond acceptors (Lipinski definition) is 7. The third-order valence-corrected chi connectivity index (χ3v) is 13.1. The maximum Gasteiger partial charge on any atom is 0.311 e. The van der Waals surface area contributed by atoms with Crippen LogP contribution in [0.25, 0.3) is 0 Å². The molecule has 0 saturated heterocycles. The summed E-state index contributed by atoms with van der Waals surface area (Å²) in [7, 11) is 0. The van der Waals surface area contributed by atoms with E-state index in [1.807, 2.05) is 38.1 Å². The minimum absolute atomic E-state index is 0.208. The lowest BCUT2D eigenvalue weighted by Gasteiger charge is -2.29. The van der Waals surface area contributed by atoms with Crippen molar-refractivity contribution in [3.8, 4) is 23.0 Å². The lowest BCUT2D eigenvalue weighted by atomic mass is 9.77. The van der Waals surface area contributed by atoms with Crippen LogP contribution in [0.3, 0.4) is 0 Å². The molecule has 4 aromatic rings. The number of ether oxygens (including phenoxy) is 4. The maximum absolute atomic E-state index is 12.7. The first-order chi connectivity index (χ1) is 30.3. The van der Waals surface area contributed by atoms with Gasteiger partial charge in [0.1, 0.15) is 42.0 Å². The number of unbranched alkanes of at least 4 members (excludes halogenated alkanes) is 2. The van der Waals surface area contributed by atoms with Gasteiger partial charge in [0.05, 0.1) is 0 Å². The summed E-state index contributed by atoms with van der Waals surface area (Å²) in [5, 5.41) is 0. The van der Waals surface area contributed by atoms with E-state index < -0.39 is 0 Å². The van der Waals surface area contributed by atoms with Crippen LogP contribution >= 0.6 is 0 Å². The van der Waals surface area contributed by atoms with Crippen molar-refractivity contribution in [3.05, 3.63) is 119 Å². The van der Waals surface area contributed by atoms with Gasteiger partial charge in [-0.15, -0.1) is 0 Å². The van der Waals surface area contributed by atoms with Crippen LogP contribution < -0.4 is 18.9 Å². The summed E-state index contributed by atoms with van der Waals surface area (Å²) in [5.74, 6) is 5.51. The molecule has 0 atom stereocenters. The van der Waals surface area contributed by atoms with Gasteiger partial charge in [-0.05, 0) is 172 Å². The molecule has 2 fully saturated rings. The first-order valence-corrected chi connectivity index (χ1v) is 23.9. The molecule has 332 valence electrons. The zero-order valence-electron chi connectivity index (χ0n) is 37.5. The van der Waals surface area contributed by atoms with Crippen molar-refractivity contribution in [2.45, 2.75) is 167 Å². The van der Waals surface area contributed by atoms with Crippen LogP contribution in [-0.2, 0) is 27.6 Å². The smallest absolute Gasteiger partial charge is 0.311 e. The Labute approximate surface area is 371 Å². The number of carbonyl (C=O) groups is 3. The molecule has 7 heteroatoms. The van der Waals surface area contributed by atoms with Crippen molar-refractivity contribution >= 4 is 17.7 Å². The molecule has 4 aromatic carbocycles. The first kappa shape index (κ1) is 46.6. The Morgan fingerprint density at radius 1 is 0.435 bits per heavy atom. The Bertz CT molecular complexity index is 1780. The summed E-state index contributed by atoms with van der Waals surface area (Å²) in [6.45, 7) is 4.93. The summed E-state index contributed by atoms with van der Waals surface area (Å²) in [5.41, 5.74) is 5.16. The molecule has 0 spiro atoms. The molecule has 6 rings (SSSR count). The van der Waals surface area contributed by atoms with E-state index in [2.05, 4.69) is 48.5 Å². The van der Waals surface area contributed by atoms with Crippen molar-refractivity contribution < 1.29 is 33.3 Å². The molecule has 0 aliphatic heterocycles. The van der Waals surface area contributed by atoms with Gasteiger partial charge >= 0.3 is 11.9 Å². The second-order valence-corrected chi connectivity index (χ2v) is 17.9. The van der Waals surface area contributed by atoms with E-state index >= 15 is 0 Å². The van der Waals surface area contributed by atoms with Crippen molar-refractivity contribution in [2.75, 3.05) is 0 Å². The fourth-order valence-electron chi connectivity index (χ4n) is 9.29. The molecule has 0 heterocycles. The number of rotatable bonds is 24. The summed E-state index contributed by atoms with van der Waals surface area (Å²) in [6, 6.07) is 32.3. The second-order valence-electron chi connectivity index (χ2n) is 17.9. The van der Waals surface area contributed by atoms with Crippen molar-refractivity contribution in [2.24, 2.45) is 11.8 Å². The van der Waals surface area contributed by atoms with Gasteiger partial charge in [-0.2, -0.15) is 0 Å². The maximum atomic E-state index is 12.7. The van der Waals surface area contributed by atoms with E-state index in [0.717, 1.165) is 73.0 Å². The van der Waals surface area contributed by atoms with Gasteiger partial charge in [0.2, 0.25) is 0 Å². The lowest BCUT2D eigenvalue weighted by molar-refractivity contribution is -0.135. The van der Waals surface area contributed by atoms with E-state index in [1.165, 1.54) is 88.2 Å². The third-order valence-electron chi connectivity index (χ3n) is 13.1. The summed E-state index contributed by atoms with van der Waals surface area (Å²) < 4.78 is 22.6. The summed E-state index contributed by atoms with van der Waals surface area (Å²) >= 11 is 0. The van der Waals surface area contributed by atoms with Crippen molar-refractivity contribution in [1.29, 1.82) is 0 Å². The fraction of sp³-hybridized carbons (Fsp3) is 0.509. The fourth-order valence-corrected chi connectivity index (χ4v) is 9.29. The topological polar surface area (TPSA) is 88.1 Å². The standard InChI is InChI=1S/C55H70O7/c1-3-9-54(57)61-52-35-31-50(32-36-52)59-39-43-19-27-47(28-20-43)45-23-15-41(16-24-45)11-5-7-13-49(56)14-8-6-12-42-17-25-46(26-18-42)48-29-21-44(22-30-48)40-60-51-33-37-53(38-34-51)62-55(58)10-4-2/h19-22,27-38,41-42,45-46H,3-18,23-26,39-40H2,1-2H3. The Hall–Kier alpha value is -4.91. The SMILES string of the molecule is CCCC(=O)Oc1ccc(OCc2ccc(C3CCC(CCCCC(=O)CCCCC4CCC(c5ccc(COc6ccc(OC(=O)CCC)cc6)cc5)CC4)CC3)cc2)cc1. The molecular formula is C55H70O7. The molecule has 0 radical (unpaired) electrons. The third kappa shape index (κ3) is 15.8. The second kappa shape index (κ2) is 25.3. The minimum Gasteiger partial charge on any atom is -0.489 e. The minimum atomic E-state index is -0.208. The van der Waals surface area contributed by atoms with E-state index in [0.29, 0.717) is 55.2 Å². The lowest BCUT2D eigenvalue weighted by Crippen LogP contribution is -2.14. The van der Waals surface area contributed by atoms with Crippen molar-refractivity contribution in [3.63, 3.8) is 0 Å². The average molecular weight is 843 g/mol. The predicted octanol–water partition coefficient (Wildman–Crippen LogP) is 14.2. The Morgan fingerprint density at radius 2 is 0.790 bits per heavy atom. The van der Waals surface area contributed by atoms with Crippen LogP contribution in [0.15, 0.2) is 97.1 Å². The largest absolute Gasteiger partial charge is 0.489 e. The van der Waals surface area contributed by atoms with Gasteiger partial charge < -0.3 is 18.9 Å². The van der Waals surface area contributed by atoms with Gasteiger partial charge in [0.15, 0.2) is 0 Å². The predicted molar refractivity (Wildman–Crippen MR) is 247 cm³/mol. The molecule has 0 amide bonds. The quantitative estimate of drug-likeness (QED) is 0.0394. The van der Waals surface area contributed by atoms with Gasteiger partial charge in [-0.3, -0.25) is 14.4 Å². The Morgan fingerprint density at radius 3 is 1.15 bits per heavy atom. The molecule has 0 unspecified atom stereocenters. The van der Waals surface area contributed by atoms with Crippen LogP contribution in [0.2, 0.25) is 0 Å². The van der Waals surface area contributed by atoms with Gasteiger partial charge in [0.25, 0.3) is 0 Å². The van der Waals surface area contributed by atoms with Crippen LogP contribution in [0.4, 0.5) is 0 Å². The van der Waals surface area contributed by atoms with Crippen molar-refractivity contribution in [1.82, 2.24) is 0 Å². The summed E-state index contributed by atoms with van der Waals surface area (Å²) in [6.07, 6.45) is 21.0. The Balaban J connectivity index is 0.760. The summed E-state index contributed by atoms with van der Waals surface area (Å²) in [4.78, 5) is 36.1. The number of ketones is 1. The van der Waals surface area contributed by atoms with Crippen LogP contribution in [0.1, 0.15) is 176 Å². The number of benzene rings is 4. The molecule has 2 aliphatic carbocycles. The zero-order valence-corrected chi connectivity index (χ0v) is 37.5. The number of Topliss-reactive ketones (excluding diaryl/α,β-unsaturated/α-hetero) is 1. The van der Waals surface area contributed by atoms with Gasteiger partial charge in [-0.1, -0.05) is 88.1 Å². The van der Waals surface area contributed by atoms with Gasteiger partial charge in [-0.25, -0.2) is 0 Å². The zero-order chi connectivity index (χ0) is 43.4. The van der Waals surface area contributed by atoms with E-state index in [9.17, 15) is 14.4 Å². The normalized spacial score (nSPS) is 18.7. The first-order valence-electron chi connectivity index (χ1n) is 23.9. The highest BCUT2D eigenvalue weighted by Crippen LogP contribution is 2.39. The molecular weight excluding hydrogens is 773 g/mol. The van der Waals surface area contributed by atoms with Crippen LogP contribution in [0, 0.1) is 11.8 Å². The number of esters is 2. The molecule has 0 aromatic heterocycles.